The van der Waals surface area contributed by atoms with Crippen LogP contribution in [-0.4, -0.2) is 46.1 Å². The third kappa shape index (κ3) is 2.78. The molecule has 10 heteroatoms. The molecule has 1 saturated heterocycles. The molecular weight excluding hydrogens is 387 g/mol. The van der Waals surface area contributed by atoms with Gasteiger partial charge in [-0.15, -0.1) is 0 Å². The summed E-state index contributed by atoms with van der Waals surface area (Å²) in [6.45, 7) is 3.26. The molecule has 1 aliphatic carbocycles. The van der Waals surface area contributed by atoms with Gasteiger partial charge in [-0.05, 0) is 6.92 Å². The van der Waals surface area contributed by atoms with Gasteiger partial charge in [-0.1, -0.05) is 34.5 Å². The van der Waals surface area contributed by atoms with Crippen molar-refractivity contribution in [2.75, 3.05) is 18.0 Å². The Balaban J connectivity index is 1.37. The number of carboxylic acid groups (broad SMARTS) is 1. The number of aromatic carboxylic acids is 1. The molecule has 1 saturated carbocycles. The first-order valence-corrected chi connectivity index (χ1v) is 9.22. The Morgan fingerprint density at radius 1 is 1.36 bits per heavy atom. The zero-order valence-corrected chi connectivity index (χ0v) is 15.4. The summed E-state index contributed by atoms with van der Waals surface area (Å²) < 4.78 is 0. The molecule has 2 fully saturated rings. The van der Waals surface area contributed by atoms with Gasteiger partial charge in [0.05, 0.1) is 16.2 Å². The van der Waals surface area contributed by atoms with E-state index in [1.807, 2.05) is 0 Å². The van der Waals surface area contributed by atoms with Gasteiger partial charge < -0.3 is 20.3 Å². The maximum atomic E-state index is 12.4. The fourth-order valence-electron chi connectivity index (χ4n) is 3.36. The van der Waals surface area contributed by atoms with E-state index in [2.05, 4.69) is 20.2 Å². The first-order valence-electron chi connectivity index (χ1n) is 7.65. The summed E-state index contributed by atoms with van der Waals surface area (Å²) in [5.41, 5.74) is 0.953. The van der Waals surface area contributed by atoms with E-state index in [-0.39, 0.29) is 27.5 Å². The molecule has 1 unspecified atom stereocenters. The number of nitrogens with zero attached hydrogens (tertiary/aromatic N) is 2. The summed E-state index contributed by atoms with van der Waals surface area (Å²) in [4.78, 5) is 32.7. The zero-order valence-electron chi connectivity index (χ0n) is 13.0. The molecule has 7 nitrogen and oxygen atoms in total. The lowest BCUT2D eigenvalue weighted by Gasteiger charge is -2.19. The minimum absolute atomic E-state index is 0.0982. The number of rotatable bonds is 4. The average molecular weight is 401 g/mol. The molecule has 2 aliphatic rings. The van der Waals surface area contributed by atoms with Gasteiger partial charge in [-0.25, -0.2) is 9.78 Å². The Morgan fingerprint density at radius 3 is 2.56 bits per heavy atom. The number of carbonyl (C=O) groups excluding carboxylic acids is 1. The van der Waals surface area contributed by atoms with E-state index in [0.717, 1.165) is 13.1 Å². The molecule has 3 atom stereocenters. The maximum Gasteiger partial charge on any atom is 0.347 e. The van der Waals surface area contributed by atoms with Crippen LogP contribution in [0.15, 0.2) is 6.20 Å². The van der Waals surface area contributed by atoms with Crippen LogP contribution < -0.4 is 10.2 Å². The molecule has 2 aromatic heterocycles. The van der Waals surface area contributed by atoms with Crippen LogP contribution in [0.25, 0.3) is 0 Å². The number of aromatic amines is 1. The summed E-state index contributed by atoms with van der Waals surface area (Å²) in [7, 11) is 0. The first kappa shape index (κ1) is 16.7. The molecule has 3 N–H and O–H groups in total. The quantitative estimate of drug-likeness (QED) is 0.732. The molecule has 4 rings (SSSR count). The number of carbonyl (C=O) groups is 2. The smallest absolute Gasteiger partial charge is 0.347 e. The second-order valence-electron chi connectivity index (χ2n) is 6.30. The first-order chi connectivity index (χ1) is 11.9. The van der Waals surface area contributed by atoms with Crippen molar-refractivity contribution in [1.29, 1.82) is 0 Å². The van der Waals surface area contributed by atoms with E-state index in [1.165, 1.54) is 17.5 Å². The topological polar surface area (TPSA) is 98.3 Å². The van der Waals surface area contributed by atoms with Crippen LogP contribution in [0.5, 0.6) is 0 Å². The largest absolute Gasteiger partial charge is 0.477 e. The second-order valence-corrected chi connectivity index (χ2v) is 8.06. The number of halogens is 2. The standard InChI is InChI=1S/C15H14Cl2N4O3S/c1-5-9(16)10(17)12(19-5)13(22)20-11-6-3-21(4-7(6)11)15-18-2-8(25-15)14(23)24/h2,6-7,11,19H,3-4H2,1H3,(H,20,22)(H,23,24)/t6-,7+,11?. The van der Waals surface area contributed by atoms with Crippen LogP contribution in [0.1, 0.15) is 25.9 Å². The summed E-state index contributed by atoms with van der Waals surface area (Å²) in [5.74, 6) is -0.541. The number of H-pyrrole nitrogens is 1. The number of thiazole rings is 1. The Hall–Kier alpha value is -1.77. The molecule has 0 bridgehead atoms. The lowest BCUT2D eigenvalue weighted by atomic mass is 10.3. The number of piperidine rings is 1. The monoisotopic (exact) mass is 400 g/mol. The predicted octanol–water partition coefficient (Wildman–Crippen LogP) is 2.65. The van der Waals surface area contributed by atoms with E-state index in [9.17, 15) is 9.59 Å². The summed E-state index contributed by atoms with van der Waals surface area (Å²) in [6.07, 6.45) is 1.38. The van der Waals surface area contributed by atoms with E-state index >= 15 is 0 Å². The Labute approximate surface area is 156 Å². The maximum absolute atomic E-state index is 12.4. The predicted molar refractivity (Wildman–Crippen MR) is 95.1 cm³/mol. The van der Waals surface area contributed by atoms with Gasteiger partial charge in [0.15, 0.2) is 5.13 Å². The van der Waals surface area contributed by atoms with Crippen molar-refractivity contribution in [3.05, 3.63) is 32.5 Å². The number of fused-ring (bicyclic) bond motifs is 1. The van der Waals surface area contributed by atoms with Crippen molar-refractivity contribution in [3.8, 4) is 0 Å². The van der Waals surface area contributed by atoms with Gasteiger partial charge in [-0.3, -0.25) is 4.79 Å². The van der Waals surface area contributed by atoms with Crippen molar-refractivity contribution >= 4 is 51.5 Å². The van der Waals surface area contributed by atoms with Crippen molar-refractivity contribution in [2.24, 2.45) is 11.8 Å². The summed E-state index contributed by atoms with van der Waals surface area (Å²) in [6, 6.07) is 0.0982. The van der Waals surface area contributed by atoms with Crippen LogP contribution in [0, 0.1) is 18.8 Å². The number of aromatic nitrogens is 2. The highest BCUT2D eigenvalue weighted by Crippen LogP contribution is 2.47. The molecule has 0 spiro atoms. The minimum atomic E-state index is -0.963. The van der Waals surface area contributed by atoms with Gasteiger partial charge in [0.1, 0.15) is 10.6 Å². The van der Waals surface area contributed by atoms with E-state index in [0.29, 0.717) is 27.7 Å². The van der Waals surface area contributed by atoms with Crippen LogP contribution in [-0.2, 0) is 0 Å². The van der Waals surface area contributed by atoms with E-state index < -0.39 is 5.97 Å². The second kappa shape index (κ2) is 5.89. The average Bonchev–Trinajstić information content (AvgIpc) is 3.02. The molecule has 3 heterocycles. The molecule has 1 aliphatic heterocycles. The number of hydrogen-bond donors (Lipinski definition) is 3. The summed E-state index contributed by atoms with van der Waals surface area (Å²) in [5, 5.41) is 13.3. The highest BCUT2D eigenvalue weighted by Gasteiger charge is 2.57. The molecule has 132 valence electrons. The molecule has 2 aromatic rings. The number of anilines is 1. The molecule has 25 heavy (non-hydrogen) atoms. The number of aryl methyl sites for hydroxylation is 1. The van der Waals surface area contributed by atoms with E-state index in [4.69, 9.17) is 28.3 Å². The number of amides is 1. The molecule has 0 aromatic carbocycles. The van der Waals surface area contributed by atoms with Crippen molar-refractivity contribution < 1.29 is 14.7 Å². The van der Waals surface area contributed by atoms with Gasteiger partial charge in [0, 0.05) is 36.7 Å². The van der Waals surface area contributed by atoms with Crippen LogP contribution in [0.3, 0.4) is 0 Å². The van der Waals surface area contributed by atoms with Crippen LogP contribution in [0.4, 0.5) is 5.13 Å². The van der Waals surface area contributed by atoms with Gasteiger partial charge >= 0.3 is 5.97 Å². The SMILES string of the molecule is Cc1[nH]c(C(=O)NC2[C@H]3CN(c4ncc(C(=O)O)s4)C[C@@H]23)c(Cl)c1Cl. The fraction of sp³-hybridized carbons (Fsp3) is 0.400. The minimum Gasteiger partial charge on any atom is -0.477 e. The van der Waals surface area contributed by atoms with Gasteiger partial charge in [-0.2, -0.15) is 0 Å². The van der Waals surface area contributed by atoms with Crippen molar-refractivity contribution in [3.63, 3.8) is 0 Å². The third-order valence-corrected chi connectivity index (χ3v) is 6.74. The Morgan fingerprint density at radius 2 is 2.04 bits per heavy atom. The fourth-order valence-corrected chi connectivity index (χ4v) is 4.55. The third-order valence-electron chi connectivity index (χ3n) is 4.75. The normalized spacial score (nSPS) is 24.3. The number of carboxylic acids is 1. The molecular formula is C15H14Cl2N4O3S. The Kier molecular flexibility index (Phi) is 3.93. The lowest BCUT2D eigenvalue weighted by Crippen LogP contribution is -2.34. The lowest BCUT2D eigenvalue weighted by molar-refractivity contribution is 0.0701. The number of hydrogen-bond acceptors (Lipinski definition) is 5. The Bertz CT molecular complexity index is 868. The van der Waals surface area contributed by atoms with Gasteiger partial charge in [0.25, 0.3) is 5.91 Å². The summed E-state index contributed by atoms with van der Waals surface area (Å²) >= 11 is 13.3. The van der Waals surface area contributed by atoms with Gasteiger partial charge in [0.2, 0.25) is 0 Å². The highest BCUT2D eigenvalue weighted by atomic mass is 35.5. The highest BCUT2D eigenvalue weighted by molar-refractivity contribution is 7.17. The molecule has 1 amide bonds. The van der Waals surface area contributed by atoms with Crippen LogP contribution >= 0.6 is 34.5 Å². The van der Waals surface area contributed by atoms with E-state index in [1.54, 1.807) is 6.92 Å². The van der Waals surface area contributed by atoms with Crippen molar-refractivity contribution in [2.45, 2.75) is 13.0 Å². The van der Waals surface area contributed by atoms with Crippen molar-refractivity contribution in [1.82, 2.24) is 15.3 Å². The zero-order chi connectivity index (χ0) is 17.9. The molecule has 0 radical (unpaired) electrons. The number of nitrogens with one attached hydrogen (secondary N) is 2. The van der Waals surface area contributed by atoms with Crippen LogP contribution in [0.2, 0.25) is 10.0 Å².